The van der Waals surface area contributed by atoms with Crippen molar-refractivity contribution >= 4 is 11.3 Å². The van der Waals surface area contributed by atoms with Gasteiger partial charge in [0.25, 0.3) is 0 Å². The van der Waals surface area contributed by atoms with Crippen LogP contribution < -0.4 is 5.32 Å². The van der Waals surface area contributed by atoms with Gasteiger partial charge >= 0.3 is 0 Å². The van der Waals surface area contributed by atoms with Gasteiger partial charge in [-0.25, -0.2) is 0 Å². The third kappa shape index (κ3) is 3.90. The highest BCUT2D eigenvalue weighted by atomic mass is 32.1. The lowest BCUT2D eigenvalue weighted by Crippen LogP contribution is -2.23. The molecule has 0 aliphatic heterocycles. The Morgan fingerprint density at radius 3 is 2.40 bits per heavy atom. The Morgan fingerprint density at radius 2 is 1.90 bits per heavy atom. The van der Waals surface area contributed by atoms with Gasteiger partial charge in [-0.3, -0.25) is 4.98 Å². The van der Waals surface area contributed by atoms with Crippen LogP contribution in [-0.4, -0.2) is 11.5 Å². The smallest absolute Gasteiger partial charge is 0.0794 e. The summed E-state index contributed by atoms with van der Waals surface area (Å²) in [5, 5.41) is 3.57. The fourth-order valence-corrected chi connectivity index (χ4v) is 2.96. The standard InChI is InChI=1S/C17H24N2S/c1-5-19-16(10-15-11-18-12-20-15)13-6-8-14(9-7-13)17(2,3)4/h6-9,11-12,16,19H,5,10H2,1-4H3. The van der Waals surface area contributed by atoms with E-state index in [-0.39, 0.29) is 5.41 Å². The SMILES string of the molecule is CCNC(Cc1cncs1)c1ccc(C(C)(C)C)cc1. The van der Waals surface area contributed by atoms with Crippen molar-refractivity contribution in [1.29, 1.82) is 0 Å². The van der Waals surface area contributed by atoms with E-state index >= 15 is 0 Å². The second-order valence-corrected chi connectivity index (χ2v) is 7.13. The van der Waals surface area contributed by atoms with Crippen molar-refractivity contribution in [3.05, 3.63) is 52.0 Å². The van der Waals surface area contributed by atoms with Gasteiger partial charge in [0.1, 0.15) is 0 Å². The molecular weight excluding hydrogens is 264 g/mol. The van der Waals surface area contributed by atoms with Crippen LogP contribution in [0.15, 0.2) is 36.0 Å². The van der Waals surface area contributed by atoms with E-state index in [1.54, 1.807) is 11.3 Å². The summed E-state index contributed by atoms with van der Waals surface area (Å²) in [6, 6.07) is 9.40. The van der Waals surface area contributed by atoms with Crippen molar-refractivity contribution in [2.45, 2.75) is 45.6 Å². The summed E-state index contributed by atoms with van der Waals surface area (Å²) >= 11 is 1.73. The fourth-order valence-electron chi connectivity index (χ4n) is 2.31. The molecule has 2 nitrogen and oxygen atoms in total. The van der Waals surface area contributed by atoms with Crippen molar-refractivity contribution in [1.82, 2.24) is 10.3 Å². The molecule has 0 radical (unpaired) electrons. The van der Waals surface area contributed by atoms with Gasteiger partial charge < -0.3 is 5.32 Å². The summed E-state index contributed by atoms with van der Waals surface area (Å²) in [6.45, 7) is 9.89. The van der Waals surface area contributed by atoms with Crippen LogP contribution >= 0.6 is 11.3 Å². The minimum Gasteiger partial charge on any atom is -0.310 e. The van der Waals surface area contributed by atoms with E-state index in [0.717, 1.165) is 13.0 Å². The minimum absolute atomic E-state index is 0.212. The number of aromatic nitrogens is 1. The lowest BCUT2D eigenvalue weighted by molar-refractivity contribution is 0.550. The average molecular weight is 288 g/mol. The van der Waals surface area contributed by atoms with Gasteiger partial charge in [0.2, 0.25) is 0 Å². The van der Waals surface area contributed by atoms with Gasteiger partial charge in [0, 0.05) is 23.5 Å². The van der Waals surface area contributed by atoms with Gasteiger partial charge in [-0.05, 0) is 23.1 Å². The highest BCUT2D eigenvalue weighted by molar-refractivity contribution is 7.09. The lowest BCUT2D eigenvalue weighted by atomic mass is 9.86. The molecule has 0 bridgehead atoms. The predicted molar refractivity (Wildman–Crippen MR) is 87.4 cm³/mol. The first-order valence-electron chi connectivity index (χ1n) is 7.22. The van der Waals surface area contributed by atoms with E-state index in [2.05, 4.69) is 62.3 Å². The van der Waals surface area contributed by atoms with Crippen molar-refractivity contribution in [3.63, 3.8) is 0 Å². The van der Waals surface area contributed by atoms with E-state index in [1.807, 2.05) is 11.7 Å². The zero-order valence-corrected chi connectivity index (χ0v) is 13.6. The lowest BCUT2D eigenvalue weighted by Gasteiger charge is -2.22. The molecule has 20 heavy (non-hydrogen) atoms. The normalized spacial score (nSPS) is 13.4. The summed E-state index contributed by atoms with van der Waals surface area (Å²) < 4.78 is 0. The van der Waals surface area contributed by atoms with Crippen molar-refractivity contribution in [2.24, 2.45) is 0 Å². The van der Waals surface area contributed by atoms with Crippen LogP contribution in [-0.2, 0) is 11.8 Å². The van der Waals surface area contributed by atoms with Gasteiger partial charge in [0.05, 0.1) is 5.51 Å². The molecule has 0 amide bonds. The molecule has 0 saturated carbocycles. The quantitative estimate of drug-likeness (QED) is 0.885. The molecule has 0 aliphatic carbocycles. The van der Waals surface area contributed by atoms with E-state index in [1.165, 1.54) is 16.0 Å². The van der Waals surface area contributed by atoms with Crippen LogP contribution in [0, 0.1) is 0 Å². The fraction of sp³-hybridized carbons (Fsp3) is 0.471. The van der Waals surface area contributed by atoms with Crippen LogP contribution in [0.4, 0.5) is 0 Å². The molecule has 0 fully saturated rings. The molecule has 1 N–H and O–H groups in total. The molecule has 0 aliphatic rings. The number of likely N-dealkylation sites (N-methyl/N-ethyl adjacent to an activating group) is 1. The molecule has 1 unspecified atom stereocenters. The maximum absolute atomic E-state index is 4.17. The number of hydrogen-bond donors (Lipinski definition) is 1. The first-order valence-corrected chi connectivity index (χ1v) is 8.10. The van der Waals surface area contributed by atoms with Gasteiger partial charge in [-0.15, -0.1) is 11.3 Å². The van der Waals surface area contributed by atoms with E-state index in [0.29, 0.717) is 6.04 Å². The van der Waals surface area contributed by atoms with Crippen LogP contribution in [0.2, 0.25) is 0 Å². The Hall–Kier alpha value is -1.19. The molecule has 1 heterocycles. The molecule has 1 aromatic carbocycles. The third-order valence-corrected chi connectivity index (χ3v) is 4.32. The highest BCUT2D eigenvalue weighted by Crippen LogP contribution is 2.25. The second kappa shape index (κ2) is 6.51. The Labute approximate surface area is 126 Å². The zero-order chi connectivity index (χ0) is 14.6. The molecule has 0 saturated heterocycles. The monoisotopic (exact) mass is 288 g/mol. The van der Waals surface area contributed by atoms with Crippen LogP contribution in [0.5, 0.6) is 0 Å². The third-order valence-electron chi connectivity index (χ3n) is 3.52. The predicted octanol–water partition coefficient (Wildman–Crippen LogP) is 4.33. The Bertz CT molecular complexity index is 509. The first kappa shape index (κ1) is 15.2. The number of nitrogens with zero attached hydrogens (tertiary/aromatic N) is 1. The Kier molecular flexibility index (Phi) is 4.95. The van der Waals surface area contributed by atoms with E-state index in [4.69, 9.17) is 0 Å². The van der Waals surface area contributed by atoms with Crippen molar-refractivity contribution in [3.8, 4) is 0 Å². The summed E-state index contributed by atoms with van der Waals surface area (Å²) in [6.07, 6.45) is 2.98. The molecule has 2 rings (SSSR count). The number of nitrogens with one attached hydrogen (secondary N) is 1. The first-order chi connectivity index (χ1) is 9.50. The number of benzene rings is 1. The maximum atomic E-state index is 4.17. The maximum Gasteiger partial charge on any atom is 0.0794 e. The Balaban J connectivity index is 2.17. The number of hydrogen-bond acceptors (Lipinski definition) is 3. The van der Waals surface area contributed by atoms with Gasteiger partial charge in [-0.1, -0.05) is 52.0 Å². The highest BCUT2D eigenvalue weighted by Gasteiger charge is 2.16. The summed E-state index contributed by atoms with van der Waals surface area (Å²) in [4.78, 5) is 5.50. The minimum atomic E-state index is 0.212. The molecule has 1 aromatic heterocycles. The zero-order valence-electron chi connectivity index (χ0n) is 12.8. The topological polar surface area (TPSA) is 24.9 Å². The second-order valence-electron chi connectivity index (χ2n) is 6.15. The van der Waals surface area contributed by atoms with Gasteiger partial charge in [0.15, 0.2) is 0 Å². The van der Waals surface area contributed by atoms with Gasteiger partial charge in [-0.2, -0.15) is 0 Å². The van der Waals surface area contributed by atoms with Crippen molar-refractivity contribution in [2.75, 3.05) is 6.54 Å². The summed E-state index contributed by atoms with van der Waals surface area (Å²) in [5.41, 5.74) is 4.85. The van der Waals surface area contributed by atoms with E-state index in [9.17, 15) is 0 Å². The molecule has 3 heteroatoms. The molecule has 2 aromatic rings. The largest absolute Gasteiger partial charge is 0.310 e. The summed E-state index contributed by atoms with van der Waals surface area (Å²) in [5.74, 6) is 0. The van der Waals surface area contributed by atoms with Crippen LogP contribution in [0.1, 0.15) is 49.7 Å². The van der Waals surface area contributed by atoms with E-state index < -0.39 is 0 Å². The number of thiazole rings is 1. The summed E-state index contributed by atoms with van der Waals surface area (Å²) in [7, 11) is 0. The van der Waals surface area contributed by atoms with Crippen LogP contribution in [0.25, 0.3) is 0 Å². The molecular formula is C17H24N2S. The number of rotatable bonds is 5. The van der Waals surface area contributed by atoms with Crippen LogP contribution in [0.3, 0.4) is 0 Å². The Morgan fingerprint density at radius 1 is 1.20 bits per heavy atom. The van der Waals surface area contributed by atoms with Crippen molar-refractivity contribution < 1.29 is 0 Å². The molecule has 108 valence electrons. The molecule has 1 atom stereocenters. The average Bonchev–Trinajstić information content (AvgIpc) is 2.90. The molecule has 0 spiro atoms.